The van der Waals surface area contributed by atoms with Gasteiger partial charge in [0.25, 0.3) is 0 Å². The van der Waals surface area contributed by atoms with Crippen molar-refractivity contribution in [3.8, 4) is 0 Å². The van der Waals surface area contributed by atoms with Gasteiger partial charge in [-0.1, -0.05) is 26.8 Å². The van der Waals surface area contributed by atoms with Crippen LogP contribution in [0.15, 0.2) is 12.7 Å². The standard InChI is InChI=1S/C10H18O2/c1-5-8(2)6-10(3,4)7-9(11)12/h5,8H,1,6-7H2,2-4H3,(H,11,12). The van der Waals surface area contributed by atoms with Crippen molar-refractivity contribution in [2.75, 3.05) is 0 Å². The zero-order valence-corrected chi connectivity index (χ0v) is 8.13. The third kappa shape index (κ3) is 4.94. The largest absolute Gasteiger partial charge is 0.481 e. The average molecular weight is 170 g/mol. The van der Waals surface area contributed by atoms with Gasteiger partial charge in [0.05, 0.1) is 6.42 Å². The molecule has 1 atom stereocenters. The van der Waals surface area contributed by atoms with Crippen LogP contribution in [0.5, 0.6) is 0 Å². The summed E-state index contributed by atoms with van der Waals surface area (Å²) in [5.41, 5.74) is -0.126. The van der Waals surface area contributed by atoms with Gasteiger partial charge < -0.3 is 5.11 Å². The first kappa shape index (κ1) is 11.2. The van der Waals surface area contributed by atoms with Gasteiger partial charge in [-0.2, -0.15) is 0 Å². The van der Waals surface area contributed by atoms with Crippen LogP contribution < -0.4 is 0 Å². The number of hydrogen-bond acceptors (Lipinski definition) is 1. The Morgan fingerprint density at radius 3 is 2.50 bits per heavy atom. The van der Waals surface area contributed by atoms with Crippen molar-refractivity contribution < 1.29 is 9.90 Å². The van der Waals surface area contributed by atoms with Crippen molar-refractivity contribution in [3.05, 3.63) is 12.7 Å². The van der Waals surface area contributed by atoms with Crippen molar-refractivity contribution in [2.24, 2.45) is 11.3 Å². The lowest BCUT2D eigenvalue weighted by Crippen LogP contribution is -2.19. The molecule has 0 heterocycles. The van der Waals surface area contributed by atoms with Crippen molar-refractivity contribution in [1.82, 2.24) is 0 Å². The van der Waals surface area contributed by atoms with E-state index in [9.17, 15) is 4.79 Å². The highest BCUT2D eigenvalue weighted by Crippen LogP contribution is 2.29. The molecule has 0 aromatic carbocycles. The van der Waals surface area contributed by atoms with E-state index in [1.807, 2.05) is 19.9 Å². The van der Waals surface area contributed by atoms with Crippen LogP contribution in [-0.4, -0.2) is 11.1 Å². The molecule has 0 aliphatic rings. The first-order valence-corrected chi connectivity index (χ1v) is 4.22. The van der Waals surface area contributed by atoms with Gasteiger partial charge in [-0.25, -0.2) is 0 Å². The zero-order valence-electron chi connectivity index (χ0n) is 8.13. The highest BCUT2D eigenvalue weighted by Gasteiger charge is 2.22. The summed E-state index contributed by atoms with van der Waals surface area (Å²) in [6.45, 7) is 9.68. The summed E-state index contributed by atoms with van der Waals surface area (Å²) in [7, 11) is 0. The monoisotopic (exact) mass is 170 g/mol. The molecule has 0 amide bonds. The van der Waals surface area contributed by atoms with E-state index in [1.165, 1.54) is 0 Å². The molecule has 0 spiro atoms. The molecule has 0 radical (unpaired) electrons. The van der Waals surface area contributed by atoms with Crippen LogP contribution >= 0.6 is 0 Å². The van der Waals surface area contributed by atoms with Crippen molar-refractivity contribution in [3.63, 3.8) is 0 Å². The molecule has 2 nitrogen and oxygen atoms in total. The van der Waals surface area contributed by atoms with E-state index in [-0.39, 0.29) is 11.8 Å². The maximum Gasteiger partial charge on any atom is 0.303 e. The maximum atomic E-state index is 10.5. The fourth-order valence-electron chi connectivity index (χ4n) is 1.44. The minimum absolute atomic E-state index is 0.126. The van der Waals surface area contributed by atoms with E-state index in [4.69, 9.17) is 5.11 Å². The molecule has 0 saturated heterocycles. The second-order valence-electron chi connectivity index (χ2n) is 4.15. The van der Waals surface area contributed by atoms with Gasteiger partial charge in [-0.05, 0) is 17.8 Å². The number of rotatable bonds is 5. The Morgan fingerprint density at radius 1 is 1.67 bits per heavy atom. The molecule has 0 aliphatic heterocycles. The number of hydrogen-bond donors (Lipinski definition) is 1. The van der Waals surface area contributed by atoms with Gasteiger partial charge in [0.15, 0.2) is 0 Å². The molecular formula is C10H18O2. The average Bonchev–Trinajstić information content (AvgIpc) is 1.83. The first-order valence-electron chi connectivity index (χ1n) is 4.22. The summed E-state index contributed by atoms with van der Waals surface area (Å²) in [5.74, 6) is -0.337. The number of carbonyl (C=O) groups is 1. The number of aliphatic carboxylic acids is 1. The topological polar surface area (TPSA) is 37.3 Å². The van der Waals surface area contributed by atoms with Crippen LogP contribution in [0, 0.1) is 11.3 Å². The van der Waals surface area contributed by atoms with Crippen LogP contribution in [0.2, 0.25) is 0 Å². The molecule has 0 aliphatic carbocycles. The first-order chi connectivity index (χ1) is 5.37. The minimum atomic E-state index is -0.726. The highest BCUT2D eigenvalue weighted by atomic mass is 16.4. The van der Waals surface area contributed by atoms with Crippen molar-refractivity contribution >= 4 is 5.97 Å². The van der Waals surface area contributed by atoms with Crippen molar-refractivity contribution in [1.29, 1.82) is 0 Å². The van der Waals surface area contributed by atoms with Crippen molar-refractivity contribution in [2.45, 2.75) is 33.6 Å². The molecule has 0 bridgehead atoms. The Labute approximate surface area is 74.3 Å². The molecule has 12 heavy (non-hydrogen) atoms. The number of carboxylic acid groups (broad SMARTS) is 1. The summed E-state index contributed by atoms with van der Waals surface area (Å²) in [6, 6.07) is 0. The lowest BCUT2D eigenvalue weighted by molar-refractivity contribution is -0.139. The molecule has 0 aromatic rings. The van der Waals surface area contributed by atoms with E-state index in [1.54, 1.807) is 0 Å². The molecule has 0 rings (SSSR count). The zero-order chi connectivity index (χ0) is 9.78. The molecule has 1 N–H and O–H groups in total. The van der Waals surface area contributed by atoms with Gasteiger partial charge in [0.1, 0.15) is 0 Å². The lowest BCUT2D eigenvalue weighted by atomic mass is 9.81. The summed E-state index contributed by atoms with van der Waals surface area (Å²) >= 11 is 0. The molecule has 2 heteroatoms. The van der Waals surface area contributed by atoms with Crippen LogP contribution in [0.3, 0.4) is 0 Å². The smallest absolute Gasteiger partial charge is 0.303 e. The summed E-state index contributed by atoms with van der Waals surface area (Å²) in [4.78, 5) is 10.5. The van der Waals surface area contributed by atoms with Crippen LogP contribution in [-0.2, 0) is 4.79 Å². The second kappa shape index (κ2) is 4.29. The van der Waals surface area contributed by atoms with Gasteiger partial charge >= 0.3 is 5.97 Å². The summed E-state index contributed by atoms with van der Waals surface area (Å²) < 4.78 is 0. The summed E-state index contributed by atoms with van der Waals surface area (Å²) in [5, 5.41) is 8.61. The van der Waals surface area contributed by atoms with Gasteiger partial charge in [-0.15, -0.1) is 6.58 Å². The van der Waals surface area contributed by atoms with E-state index >= 15 is 0 Å². The quantitative estimate of drug-likeness (QED) is 0.644. The molecule has 0 aromatic heterocycles. The third-order valence-corrected chi connectivity index (χ3v) is 1.91. The lowest BCUT2D eigenvalue weighted by Gasteiger charge is -2.24. The highest BCUT2D eigenvalue weighted by molar-refractivity contribution is 5.67. The fourth-order valence-corrected chi connectivity index (χ4v) is 1.44. The fraction of sp³-hybridized carbons (Fsp3) is 0.700. The van der Waals surface area contributed by atoms with E-state index < -0.39 is 5.97 Å². The Balaban J connectivity index is 4.02. The van der Waals surface area contributed by atoms with Crippen LogP contribution in [0.4, 0.5) is 0 Å². The maximum absolute atomic E-state index is 10.5. The SMILES string of the molecule is C=CC(C)CC(C)(C)CC(=O)O. The molecular weight excluding hydrogens is 152 g/mol. The molecule has 0 saturated carbocycles. The predicted octanol–water partition coefficient (Wildman–Crippen LogP) is 2.70. The van der Waals surface area contributed by atoms with Gasteiger partial charge in [0, 0.05) is 0 Å². The van der Waals surface area contributed by atoms with Crippen LogP contribution in [0.25, 0.3) is 0 Å². The minimum Gasteiger partial charge on any atom is -0.481 e. The van der Waals surface area contributed by atoms with E-state index in [2.05, 4.69) is 13.5 Å². The number of allylic oxidation sites excluding steroid dienone is 1. The molecule has 0 fully saturated rings. The van der Waals surface area contributed by atoms with Gasteiger partial charge in [-0.3, -0.25) is 4.79 Å². The normalized spacial score (nSPS) is 13.9. The molecule has 1 unspecified atom stereocenters. The third-order valence-electron chi connectivity index (χ3n) is 1.91. The van der Waals surface area contributed by atoms with Gasteiger partial charge in [0.2, 0.25) is 0 Å². The Bertz CT molecular complexity index is 171. The second-order valence-corrected chi connectivity index (χ2v) is 4.15. The Kier molecular flexibility index (Phi) is 4.01. The van der Waals surface area contributed by atoms with E-state index in [0.717, 1.165) is 6.42 Å². The Morgan fingerprint density at radius 2 is 2.17 bits per heavy atom. The molecule has 70 valence electrons. The number of carboxylic acids is 1. The summed E-state index contributed by atoms with van der Waals surface area (Å²) in [6.07, 6.45) is 2.97. The Hall–Kier alpha value is -0.790. The van der Waals surface area contributed by atoms with Crippen LogP contribution in [0.1, 0.15) is 33.6 Å². The van der Waals surface area contributed by atoms with E-state index in [0.29, 0.717) is 5.92 Å². The predicted molar refractivity (Wildman–Crippen MR) is 50.0 cm³/mol.